The van der Waals surface area contributed by atoms with Crippen LogP contribution in [-0.4, -0.2) is 79.7 Å². The number of rotatable bonds is 6. The summed E-state index contributed by atoms with van der Waals surface area (Å²) in [7, 11) is 0. The molecule has 2 aromatic carbocycles. The molecule has 2 aromatic heterocycles. The smallest absolute Gasteiger partial charge is 0.253 e. The molecular formula is C32H38N8O3. The summed E-state index contributed by atoms with van der Waals surface area (Å²) in [5, 5.41) is 21.0. The zero-order chi connectivity index (χ0) is 30.1. The first-order valence-corrected chi connectivity index (χ1v) is 14.9. The minimum atomic E-state index is -0.453. The fraction of sp³-hybridized carbons (Fsp3) is 0.406. The molecule has 2 aliphatic heterocycles. The van der Waals surface area contributed by atoms with E-state index in [2.05, 4.69) is 41.3 Å². The molecule has 11 nitrogen and oxygen atoms in total. The van der Waals surface area contributed by atoms with Crippen molar-refractivity contribution in [2.45, 2.75) is 57.6 Å². The number of nitrogens with zero attached hydrogens (tertiary/aromatic N) is 6. The minimum Gasteiger partial charge on any atom is -0.391 e. The second-order valence-corrected chi connectivity index (χ2v) is 12.4. The predicted octanol–water partition coefficient (Wildman–Crippen LogP) is 3.77. The Labute approximate surface area is 250 Å². The van der Waals surface area contributed by atoms with Gasteiger partial charge in [-0.2, -0.15) is 4.98 Å². The first kappa shape index (κ1) is 28.6. The van der Waals surface area contributed by atoms with Crippen molar-refractivity contribution in [3.8, 4) is 0 Å². The molecule has 2 aliphatic rings. The average Bonchev–Trinajstić information content (AvgIpc) is 3.66. The molecule has 43 heavy (non-hydrogen) atoms. The van der Waals surface area contributed by atoms with E-state index in [-0.39, 0.29) is 23.3 Å². The normalized spacial score (nSPS) is 19.1. The minimum absolute atomic E-state index is 0.0318. The lowest BCUT2D eigenvalue weighted by Gasteiger charge is -2.33. The molecule has 0 bridgehead atoms. The van der Waals surface area contributed by atoms with Crippen LogP contribution in [0, 0.1) is 0 Å². The zero-order valence-corrected chi connectivity index (χ0v) is 24.8. The third-order valence-corrected chi connectivity index (χ3v) is 8.14. The number of nitrogens with one attached hydrogen (secondary N) is 2. The van der Waals surface area contributed by atoms with Crippen LogP contribution in [0.5, 0.6) is 0 Å². The van der Waals surface area contributed by atoms with Gasteiger partial charge in [0.25, 0.3) is 11.8 Å². The highest BCUT2D eigenvalue weighted by Crippen LogP contribution is 2.25. The van der Waals surface area contributed by atoms with Crippen LogP contribution in [-0.2, 0) is 5.41 Å². The average molecular weight is 583 g/mol. The van der Waals surface area contributed by atoms with Gasteiger partial charge in [-0.3, -0.25) is 9.59 Å². The number of carbonyl (C=O) groups excluding carboxylic acids is 2. The van der Waals surface area contributed by atoms with Crippen LogP contribution in [0.4, 0.5) is 17.5 Å². The molecular weight excluding hydrogens is 544 g/mol. The molecule has 4 heterocycles. The molecule has 11 heteroatoms. The molecule has 0 unspecified atom stereocenters. The Kier molecular flexibility index (Phi) is 7.74. The summed E-state index contributed by atoms with van der Waals surface area (Å²) in [6, 6.07) is 15.0. The monoisotopic (exact) mass is 582 g/mol. The van der Waals surface area contributed by atoms with Gasteiger partial charge in [0, 0.05) is 61.4 Å². The maximum Gasteiger partial charge on any atom is 0.253 e. The number of carbonyl (C=O) groups is 2. The number of amides is 2. The highest BCUT2D eigenvalue weighted by Gasteiger charge is 2.27. The largest absolute Gasteiger partial charge is 0.391 e. The van der Waals surface area contributed by atoms with Gasteiger partial charge in [0.2, 0.25) is 5.95 Å². The molecule has 0 saturated carbocycles. The standard InChI is InChI=1S/C32H38N8O3/c1-32(2,3)23-10-6-21(7-11-23)29(42)35-25-5-4-16-39(19-25)31-36-27(28-33-15-18-40(28)37-31)34-24-12-8-22(9-13-24)30(43)38-17-14-26(41)20-38/h6-13,15,18,25-26,41H,4-5,14,16-17,19-20H2,1-3H3,(H,35,42)(H,34,36,37)/t25-,26+/m1/s1. The van der Waals surface area contributed by atoms with Crippen molar-refractivity contribution in [1.82, 2.24) is 29.8 Å². The van der Waals surface area contributed by atoms with Gasteiger partial charge in [-0.05, 0) is 66.6 Å². The molecule has 0 aliphatic carbocycles. The quantitative estimate of drug-likeness (QED) is 0.314. The van der Waals surface area contributed by atoms with Crippen LogP contribution in [0.15, 0.2) is 60.9 Å². The van der Waals surface area contributed by atoms with Gasteiger partial charge >= 0.3 is 0 Å². The van der Waals surface area contributed by atoms with E-state index in [0.29, 0.717) is 54.6 Å². The summed E-state index contributed by atoms with van der Waals surface area (Å²) in [5.41, 5.74) is 3.78. The number of piperidine rings is 1. The number of hydrogen-bond acceptors (Lipinski definition) is 8. The molecule has 0 radical (unpaired) electrons. The third kappa shape index (κ3) is 6.31. The molecule has 0 spiro atoms. The molecule has 6 rings (SSSR count). The van der Waals surface area contributed by atoms with Crippen molar-refractivity contribution in [3.63, 3.8) is 0 Å². The van der Waals surface area contributed by atoms with Gasteiger partial charge in [-0.15, -0.1) is 5.10 Å². The number of anilines is 3. The Balaban J connectivity index is 1.15. The van der Waals surface area contributed by atoms with E-state index >= 15 is 0 Å². The van der Waals surface area contributed by atoms with E-state index in [1.165, 1.54) is 5.56 Å². The van der Waals surface area contributed by atoms with Crippen LogP contribution < -0.4 is 15.5 Å². The lowest BCUT2D eigenvalue weighted by Crippen LogP contribution is -2.48. The van der Waals surface area contributed by atoms with Crippen molar-refractivity contribution in [3.05, 3.63) is 77.6 Å². The number of likely N-dealkylation sites (tertiary alicyclic amines) is 1. The first-order valence-electron chi connectivity index (χ1n) is 14.9. The SMILES string of the molecule is CC(C)(C)c1ccc(C(=O)N[C@@H]2CCCN(c3nc(Nc4ccc(C(=O)N5CC[C@H](O)C5)cc4)c4nccn4n3)C2)cc1. The molecule has 2 atom stereocenters. The molecule has 3 N–H and O–H groups in total. The van der Waals surface area contributed by atoms with Crippen molar-refractivity contribution < 1.29 is 14.7 Å². The van der Waals surface area contributed by atoms with Crippen LogP contribution in [0.3, 0.4) is 0 Å². The number of aliphatic hydroxyl groups is 1. The summed E-state index contributed by atoms with van der Waals surface area (Å²) in [4.78, 5) is 38.9. The topological polar surface area (TPSA) is 128 Å². The van der Waals surface area contributed by atoms with Gasteiger partial charge in [0.1, 0.15) is 0 Å². The molecule has 224 valence electrons. The summed E-state index contributed by atoms with van der Waals surface area (Å²) >= 11 is 0. The Hall–Kier alpha value is -4.51. The predicted molar refractivity (Wildman–Crippen MR) is 165 cm³/mol. The van der Waals surface area contributed by atoms with E-state index in [9.17, 15) is 14.7 Å². The van der Waals surface area contributed by atoms with E-state index in [1.54, 1.807) is 33.9 Å². The molecule has 4 aromatic rings. The van der Waals surface area contributed by atoms with E-state index < -0.39 is 6.10 Å². The third-order valence-electron chi connectivity index (χ3n) is 8.14. The summed E-state index contributed by atoms with van der Waals surface area (Å²) in [6.07, 6.45) is 5.38. The van der Waals surface area contributed by atoms with Crippen molar-refractivity contribution >= 4 is 34.9 Å². The van der Waals surface area contributed by atoms with Crippen molar-refractivity contribution in [1.29, 1.82) is 0 Å². The number of fused-ring (bicyclic) bond motifs is 1. The summed E-state index contributed by atoms with van der Waals surface area (Å²) in [6.45, 7) is 8.76. The number of aliphatic hydroxyl groups excluding tert-OH is 1. The van der Waals surface area contributed by atoms with Gasteiger partial charge in [-0.1, -0.05) is 32.9 Å². The Morgan fingerprint density at radius 1 is 0.953 bits per heavy atom. The summed E-state index contributed by atoms with van der Waals surface area (Å²) < 4.78 is 1.69. The van der Waals surface area contributed by atoms with Crippen molar-refractivity contribution in [2.24, 2.45) is 0 Å². The molecule has 2 fully saturated rings. The Morgan fingerprint density at radius 2 is 1.70 bits per heavy atom. The maximum atomic E-state index is 13.1. The number of hydrogen-bond donors (Lipinski definition) is 3. The number of imidazole rings is 1. The fourth-order valence-electron chi connectivity index (χ4n) is 5.64. The lowest BCUT2D eigenvalue weighted by molar-refractivity contribution is 0.0764. The molecule has 2 amide bonds. The van der Waals surface area contributed by atoms with E-state index in [4.69, 9.17) is 10.1 Å². The van der Waals surface area contributed by atoms with Crippen molar-refractivity contribution in [2.75, 3.05) is 36.4 Å². The number of benzene rings is 2. The van der Waals surface area contributed by atoms with Gasteiger partial charge in [-0.25, -0.2) is 9.50 Å². The number of β-amino-alcohol motifs (C(OH)–C–C–N with tert-alkyl or cyclic N) is 1. The lowest BCUT2D eigenvalue weighted by atomic mass is 9.86. The van der Waals surface area contributed by atoms with Crippen LogP contribution >= 0.6 is 0 Å². The van der Waals surface area contributed by atoms with E-state index in [0.717, 1.165) is 25.1 Å². The Morgan fingerprint density at radius 3 is 2.40 bits per heavy atom. The molecule has 2 saturated heterocycles. The second kappa shape index (κ2) is 11.6. The highest BCUT2D eigenvalue weighted by atomic mass is 16.3. The highest BCUT2D eigenvalue weighted by molar-refractivity contribution is 5.95. The van der Waals surface area contributed by atoms with Crippen LogP contribution in [0.25, 0.3) is 5.65 Å². The van der Waals surface area contributed by atoms with Crippen LogP contribution in [0.1, 0.15) is 66.3 Å². The zero-order valence-electron chi connectivity index (χ0n) is 24.8. The van der Waals surface area contributed by atoms with Crippen LogP contribution in [0.2, 0.25) is 0 Å². The number of aromatic nitrogens is 4. The summed E-state index contributed by atoms with van der Waals surface area (Å²) in [5.74, 6) is 0.919. The second-order valence-electron chi connectivity index (χ2n) is 12.4. The fourth-order valence-corrected chi connectivity index (χ4v) is 5.64. The van der Waals surface area contributed by atoms with Gasteiger partial charge in [0.15, 0.2) is 11.5 Å². The van der Waals surface area contributed by atoms with E-state index in [1.807, 2.05) is 36.4 Å². The first-order chi connectivity index (χ1) is 20.6. The Bertz CT molecular complexity index is 1610. The maximum absolute atomic E-state index is 13.1. The van der Waals surface area contributed by atoms with Gasteiger partial charge < -0.3 is 25.5 Å². The van der Waals surface area contributed by atoms with Gasteiger partial charge in [0.05, 0.1) is 6.10 Å².